The van der Waals surface area contributed by atoms with E-state index in [1.54, 1.807) is 12.4 Å². The predicted octanol–water partition coefficient (Wildman–Crippen LogP) is 2.17. The molecular formula is C19H24FN5O. The molecule has 0 amide bonds. The Morgan fingerprint density at radius 3 is 2.46 bits per heavy atom. The summed E-state index contributed by atoms with van der Waals surface area (Å²) < 4.78 is 19.5. The summed E-state index contributed by atoms with van der Waals surface area (Å²) in [5, 5.41) is 0. The minimum Gasteiger partial charge on any atom is -0.378 e. The van der Waals surface area contributed by atoms with Crippen molar-refractivity contribution in [3.63, 3.8) is 0 Å². The molecule has 0 bridgehead atoms. The van der Waals surface area contributed by atoms with Crippen LogP contribution >= 0.6 is 0 Å². The first-order chi connectivity index (χ1) is 12.7. The summed E-state index contributed by atoms with van der Waals surface area (Å²) in [6.45, 7) is 7.67. The second-order valence-corrected chi connectivity index (χ2v) is 6.77. The van der Waals surface area contributed by atoms with Crippen molar-refractivity contribution in [2.45, 2.75) is 13.0 Å². The third-order valence-electron chi connectivity index (χ3n) is 5.09. The topological polar surface area (TPSA) is 44.7 Å². The minimum atomic E-state index is -0.163. The van der Waals surface area contributed by atoms with Crippen LogP contribution in [0.1, 0.15) is 6.92 Å². The van der Waals surface area contributed by atoms with Crippen LogP contribution in [-0.4, -0.2) is 61.9 Å². The van der Waals surface area contributed by atoms with Crippen LogP contribution in [0.15, 0.2) is 36.7 Å². The van der Waals surface area contributed by atoms with Crippen molar-refractivity contribution in [3.05, 3.63) is 42.5 Å². The standard InChI is InChI=1S/C19H24FN5O/c1-15-13-24(6-7-25(15)17-5-3-2-4-16(17)20)19-12-18(21-14-22-19)23-8-10-26-11-9-23/h2-5,12,14-15H,6-11,13H2,1H3. The molecule has 2 aliphatic rings. The summed E-state index contributed by atoms with van der Waals surface area (Å²) >= 11 is 0. The molecule has 7 heteroatoms. The summed E-state index contributed by atoms with van der Waals surface area (Å²) in [5.74, 6) is 1.72. The van der Waals surface area contributed by atoms with Gasteiger partial charge in [-0.15, -0.1) is 0 Å². The summed E-state index contributed by atoms with van der Waals surface area (Å²) in [6, 6.07) is 9.24. The molecule has 2 aromatic rings. The number of morpholine rings is 1. The maximum atomic E-state index is 14.1. The van der Waals surface area contributed by atoms with Gasteiger partial charge in [0.15, 0.2) is 0 Å². The number of aromatic nitrogens is 2. The lowest BCUT2D eigenvalue weighted by Crippen LogP contribution is -2.52. The molecule has 138 valence electrons. The third kappa shape index (κ3) is 3.44. The molecule has 6 nitrogen and oxygen atoms in total. The van der Waals surface area contributed by atoms with Crippen LogP contribution in [0.4, 0.5) is 21.7 Å². The zero-order valence-electron chi connectivity index (χ0n) is 15.0. The predicted molar refractivity (Wildman–Crippen MR) is 100 cm³/mol. The third-order valence-corrected chi connectivity index (χ3v) is 5.09. The van der Waals surface area contributed by atoms with Gasteiger partial charge in [0.25, 0.3) is 0 Å². The first-order valence-electron chi connectivity index (χ1n) is 9.13. The molecule has 0 radical (unpaired) electrons. The Hall–Kier alpha value is -2.41. The largest absolute Gasteiger partial charge is 0.378 e. The Labute approximate surface area is 153 Å². The number of hydrogen-bond acceptors (Lipinski definition) is 6. The van der Waals surface area contributed by atoms with Gasteiger partial charge >= 0.3 is 0 Å². The Kier molecular flexibility index (Phi) is 4.88. The summed E-state index contributed by atoms with van der Waals surface area (Å²) in [5.41, 5.74) is 0.677. The molecule has 1 aromatic carbocycles. The monoisotopic (exact) mass is 357 g/mol. The molecule has 1 aromatic heterocycles. The number of anilines is 3. The molecule has 0 N–H and O–H groups in total. The van der Waals surface area contributed by atoms with Gasteiger partial charge in [0.05, 0.1) is 18.9 Å². The molecule has 0 aliphatic carbocycles. The van der Waals surface area contributed by atoms with Crippen molar-refractivity contribution in [3.8, 4) is 0 Å². The SMILES string of the molecule is CC1CN(c2cc(N3CCOCC3)ncn2)CCN1c1ccccc1F. The molecule has 3 heterocycles. The van der Waals surface area contributed by atoms with Crippen molar-refractivity contribution in [2.75, 3.05) is 60.6 Å². The second kappa shape index (κ2) is 7.45. The van der Waals surface area contributed by atoms with E-state index in [2.05, 4.69) is 37.7 Å². The lowest BCUT2D eigenvalue weighted by atomic mass is 10.1. The zero-order chi connectivity index (χ0) is 17.9. The molecule has 2 saturated heterocycles. The van der Waals surface area contributed by atoms with Gasteiger partial charge in [-0.3, -0.25) is 0 Å². The highest BCUT2D eigenvalue weighted by molar-refractivity contribution is 5.54. The van der Waals surface area contributed by atoms with Crippen LogP contribution in [0, 0.1) is 5.82 Å². The number of halogens is 1. The highest BCUT2D eigenvalue weighted by Gasteiger charge is 2.26. The number of nitrogens with zero attached hydrogens (tertiary/aromatic N) is 5. The molecular weight excluding hydrogens is 333 g/mol. The van der Waals surface area contributed by atoms with Gasteiger partial charge in [-0.1, -0.05) is 12.1 Å². The van der Waals surface area contributed by atoms with E-state index in [4.69, 9.17) is 4.74 Å². The molecule has 2 aliphatic heterocycles. The molecule has 4 rings (SSSR count). The fourth-order valence-corrected chi connectivity index (χ4v) is 3.68. The smallest absolute Gasteiger partial charge is 0.146 e. The molecule has 1 unspecified atom stereocenters. The van der Waals surface area contributed by atoms with Crippen molar-refractivity contribution in [2.24, 2.45) is 0 Å². The number of para-hydroxylation sites is 1. The van der Waals surface area contributed by atoms with Crippen LogP contribution < -0.4 is 14.7 Å². The van der Waals surface area contributed by atoms with E-state index in [0.717, 1.165) is 57.6 Å². The lowest BCUT2D eigenvalue weighted by molar-refractivity contribution is 0.122. The Bertz CT molecular complexity index is 752. The van der Waals surface area contributed by atoms with Gasteiger partial charge in [0.2, 0.25) is 0 Å². The molecule has 0 spiro atoms. The van der Waals surface area contributed by atoms with Crippen LogP contribution in [0.25, 0.3) is 0 Å². The quantitative estimate of drug-likeness (QED) is 0.839. The average Bonchev–Trinajstić information content (AvgIpc) is 2.69. The number of ether oxygens (including phenoxy) is 1. The highest BCUT2D eigenvalue weighted by atomic mass is 19.1. The van der Waals surface area contributed by atoms with Crippen LogP contribution in [-0.2, 0) is 4.74 Å². The Morgan fingerprint density at radius 1 is 1.00 bits per heavy atom. The first kappa shape index (κ1) is 17.0. The lowest BCUT2D eigenvalue weighted by Gasteiger charge is -2.42. The van der Waals surface area contributed by atoms with E-state index in [9.17, 15) is 4.39 Å². The highest BCUT2D eigenvalue weighted by Crippen LogP contribution is 2.26. The molecule has 26 heavy (non-hydrogen) atoms. The van der Waals surface area contributed by atoms with Crippen LogP contribution in [0.3, 0.4) is 0 Å². The summed E-state index contributed by atoms with van der Waals surface area (Å²) in [7, 11) is 0. The van der Waals surface area contributed by atoms with E-state index in [-0.39, 0.29) is 11.9 Å². The van der Waals surface area contributed by atoms with Gasteiger partial charge in [-0.2, -0.15) is 0 Å². The fourth-order valence-electron chi connectivity index (χ4n) is 3.68. The van der Waals surface area contributed by atoms with Crippen molar-refractivity contribution in [1.82, 2.24) is 9.97 Å². The van der Waals surface area contributed by atoms with Crippen molar-refractivity contribution >= 4 is 17.3 Å². The van der Waals surface area contributed by atoms with Gasteiger partial charge in [0.1, 0.15) is 23.8 Å². The fraction of sp³-hybridized carbons (Fsp3) is 0.474. The first-order valence-corrected chi connectivity index (χ1v) is 9.13. The van der Waals surface area contributed by atoms with Gasteiger partial charge in [-0.05, 0) is 19.1 Å². The number of piperazine rings is 1. The van der Waals surface area contributed by atoms with E-state index in [1.807, 2.05) is 12.1 Å². The van der Waals surface area contributed by atoms with E-state index < -0.39 is 0 Å². The van der Waals surface area contributed by atoms with Crippen LogP contribution in [0.5, 0.6) is 0 Å². The van der Waals surface area contributed by atoms with Crippen molar-refractivity contribution < 1.29 is 9.13 Å². The van der Waals surface area contributed by atoms with Gasteiger partial charge in [0, 0.05) is 44.8 Å². The maximum absolute atomic E-state index is 14.1. The van der Waals surface area contributed by atoms with Crippen LogP contribution in [0.2, 0.25) is 0 Å². The van der Waals surface area contributed by atoms with Crippen molar-refractivity contribution in [1.29, 1.82) is 0 Å². The summed E-state index contributed by atoms with van der Waals surface area (Å²) in [4.78, 5) is 15.5. The Balaban J connectivity index is 1.48. The van der Waals surface area contributed by atoms with E-state index in [1.165, 1.54) is 6.07 Å². The number of hydrogen-bond donors (Lipinski definition) is 0. The minimum absolute atomic E-state index is 0.163. The molecule has 0 saturated carbocycles. The normalized spacial score (nSPS) is 21.2. The molecule has 1 atom stereocenters. The second-order valence-electron chi connectivity index (χ2n) is 6.77. The maximum Gasteiger partial charge on any atom is 0.146 e. The Morgan fingerprint density at radius 2 is 1.73 bits per heavy atom. The zero-order valence-corrected chi connectivity index (χ0v) is 15.0. The number of benzene rings is 1. The van der Waals surface area contributed by atoms with E-state index in [0.29, 0.717) is 5.69 Å². The van der Waals surface area contributed by atoms with E-state index >= 15 is 0 Å². The average molecular weight is 357 g/mol. The van der Waals surface area contributed by atoms with Gasteiger partial charge in [-0.25, -0.2) is 14.4 Å². The molecule has 2 fully saturated rings. The van der Waals surface area contributed by atoms with Gasteiger partial charge < -0.3 is 19.4 Å². The number of rotatable bonds is 3. The summed E-state index contributed by atoms with van der Waals surface area (Å²) in [6.07, 6.45) is 1.63.